The van der Waals surface area contributed by atoms with E-state index >= 15 is 0 Å². The SMILES string of the molecule is CCCC(CCO)C(=O)N[C@@H](CCN1CCC(C=NC)(c2nc(Cc3ccc(F)cc3)no2)CC1)c1ccccc1. The molecular weight excluding hydrogens is 521 g/mol. The molecule has 2 aromatic carbocycles. The van der Waals surface area contributed by atoms with Crippen molar-refractivity contribution in [2.24, 2.45) is 10.9 Å². The van der Waals surface area contributed by atoms with Crippen LogP contribution in [-0.4, -0.2) is 65.6 Å². The van der Waals surface area contributed by atoms with Crippen molar-refractivity contribution in [3.8, 4) is 0 Å². The van der Waals surface area contributed by atoms with Crippen LogP contribution in [0.4, 0.5) is 4.39 Å². The van der Waals surface area contributed by atoms with Crippen LogP contribution in [0.2, 0.25) is 0 Å². The zero-order valence-corrected chi connectivity index (χ0v) is 24.1. The van der Waals surface area contributed by atoms with Gasteiger partial charge in [0.1, 0.15) is 5.82 Å². The van der Waals surface area contributed by atoms with E-state index in [0.717, 1.165) is 62.9 Å². The van der Waals surface area contributed by atoms with Gasteiger partial charge in [-0.15, -0.1) is 0 Å². The lowest BCUT2D eigenvalue weighted by molar-refractivity contribution is -0.126. The molecule has 0 radical (unpaired) electrons. The standard InChI is InChI=1S/C32H42FN5O3/c1-3-7-26(15-21-39)30(40)35-28(25-8-5-4-6-9-25)14-18-38-19-16-32(17-20-38,23-34-2)31-36-29(37-41-31)22-24-10-12-27(33)13-11-24/h4-6,8-13,23,26,28,39H,3,7,14-22H2,1-2H3,(H,35,40)/t26?,28-/m0/s1. The molecule has 1 amide bonds. The fourth-order valence-electron chi connectivity index (χ4n) is 5.65. The Morgan fingerprint density at radius 1 is 1.15 bits per heavy atom. The third-order valence-corrected chi connectivity index (χ3v) is 8.03. The molecular formula is C32H42FN5O3. The summed E-state index contributed by atoms with van der Waals surface area (Å²) in [6.07, 6.45) is 6.92. The van der Waals surface area contributed by atoms with Crippen LogP contribution in [0.25, 0.3) is 0 Å². The van der Waals surface area contributed by atoms with E-state index in [1.165, 1.54) is 12.1 Å². The Balaban J connectivity index is 1.38. The molecule has 41 heavy (non-hydrogen) atoms. The van der Waals surface area contributed by atoms with Crippen molar-refractivity contribution in [3.05, 3.63) is 83.3 Å². The predicted octanol–water partition coefficient (Wildman–Crippen LogP) is 4.88. The Labute approximate surface area is 242 Å². The minimum Gasteiger partial charge on any atom is -0.396 e. The summed E-state index contributed by atoms with van der Waals surface area (Å²) in [4.78, 5) is 24.6. The van der Waals surface area contributed by atoms with Crippen LogP contribution in [0.1, 0.15) is 74.3 Å². The van der Waals surface area contributed by atoms with E-state index in [0.29, 0.717) is 24.6 Å². The molecule has 0 bridgehead atoms. The highest BCUT2D eigenvalue weighted by molar-refractivity contribution is 5.79. The average Bonchev–Trinajstić information content (AvgIpc) is 3.47. The first-order chi connectivity index (χ1) is 20.0. The Kier molecular flexibility index (Phi) is 11.2. The second kappa shape index (κ2) is 15.0. The van der Waals surface area contributed by atoms with Gasteiger partial charge in [0.2, 0.25) is 11.8 Å². The van der Waals surface area contributed by atoms with Gasteiger partial charge in [0.05, 0.1) is 11.5 Å². The largest absolute Gasteiger partial charge is 0.396 e. The Morgan fingerprint density at radius 2 is 1.88 bits per heavy atom. The summed E-state index contributed by atoms with van der Waals surface area (Å²) in [6, 6.07) is 16.3. The lowest BCUT2D eigenvalue weighted by atomic mass is 9.79. The van der Waals surface area contributed by atoms with Crippen molar-refractivity contribution in [3.63, 3.8) is 0 Å². The average molecular weight is 564 g/mol. The second-order valence-electron chi connectivity index (χ2n) is 11.0. The van der Waals surface area contributed by atoms with Gasteiger partial charge in [-0.1, -0.05) is 61.0 Å². The fraction of sp³-hybridized carbons (Fsp3) is 0.500. The van der Waals surface area contributed by atoms with Crippen molar-refractivity contribution >= 4 is 12.1 Å². The highest BCUT2D eigenvalue weighted by Gasteiger charge is 2.40. The molecule has 1 fully saturated rings. The number of benzene rings is 2. The van der Waals surface area contributed by atoms with Gasteiger partial charge in [-0.2, -0.15) is 4.98 Å². The number of aliphatic hydroxyl groups is 1. The van der Waals surface area contributed by atoms with E-state index in [1.54, 1.807) is 19.2 Å². The number of aromatic nitrogens is 2. The normalized spacial score (nSPS) is 17.0. The molecule has 220 valence electrons. The summed E-state index contributed by atoms with van der Waals surface area (Å²) < 4.78 is 19.0. The van der Waals surface area contributed by atoms with Gasteiger partial charge >= 0.3 is 0 Å². The van der Waals surface area contributed by atoms with Crippen LogP contribution in [0.15, 0.2) is 64.1 Å². The van der Waals surface area contributed by atoms with Crippen LogP contribution in [0, 0.1) is 11.7 Å². The highest BCUT2D eigenvalue weighted by atomic mass is 19.1. The zero-order chi connectivity index (χ0) is 29.1. The molecule has 1 unspecified atom stereocenters. The third kappa shape index (κ3) is 8.30. The van der Waals surface area contributed by atoms with E-state index in [9.17, 15) is 14.3 Å². The molecule has 1 saturated heterocycles. The molecule has 0 saturated carbocycles. The topological polar surface area (TPSA) is 104 Å². The number of nitrogens with zero attached hydrogens (tertiary/aromatic N) is 4. The maximum absolute atomic E-state index is 13.3. The summed E-state index contributed by atoms with van der Waals surface area (Å²) >= 11 is 0. The minimum absolute atomic E-state index is 0.0124. The van der Waals surface area contributed by atoms with Crippen LogP contribution in [-0.2, 0) is 16.6 Å². The van der Waals surface area contributed by atoms with Crippen molar-refractivity contribution < 1.29 is 18.8 Å². The predicted molar refractivity (Wildman–Crippen MR) is 157 cm³/mol. The molecule has 1 aliphatic heterocycles. The number of carbonyl (C=O) groups is 1. The van der Waals surface area contributed by atoms with Crippen LogP contribution in [0.3, 0.4) is 0 Å². The smallest absolute Gasteiger partial charge is 0.238 e. The van der Waals surface area contributed by atoms with Gasteiger partial charge in [0, 0.05) is 38.8 Å². The maximum Gasteiger partial charge on any atom is 0.238 e. The molecule has 8 nitrogen and oxygen atoms in total. The van der Waals surface area contributed by atoms with Crippen molar-refractivity contribution in [1.82, 2.24) is 20.4 Å². The van der Waals surface area contributed by atoms with Crippen molar-refractivity contribution in [2.75, 3.05) is 33.3 Å². The first-order valence-corrected chi connectivity index (χ1v) is 14.7. The number of hydrogen-bond donors (Lipinski definition) is 2. The lowest BCUT2D eigenvalue weighted by Crippen LogP contribution is -2.45. The summed E-state index contributed by atoms with van der Waals surface area (Å²) in [6.45, 7) is 4.57. The second-order valence-corrected chi connectivity index (χ2v) is 11.0. The van der Waals surface area contributed by atoms with Crippen molar-refractivity contribution in [1.29, 1.82) is 0 Å². The van der Waals surface area contributed by atoms with E-state index in [-0.39, 0.29) is 30.3 Å². The molecule has 2 N–H and O–H groups in total. The van der Waals surface area contributed by atoms with Gasteiger partial charge in [-0.3, -0.25) is 9.79 Å². The van der Waals surface area contributed by atoms with Crippen LogP contribution in [0.5, 0.6) is 0 Å². The van der Waals surface area contributed by atoms with Gasteiger partial charge in [0.25, 0.3) is 0 Å². The maximum atomic E-state index is 13.3. The fourth-order valence-corrected chi connectivity index (χ4v) is 5.65. The van der Waals surface area contributed by atoms with E-state index in [2.05, 4.69) is 39.4 Å². The van der Waals surface area contributed by atoms with E-state index in [1.807, 2.05) is 24.4 Å². The van der Waals surface area contributed by atoms with Crippen molar-refractivity contribution in [2.45, 2.75) is 63.3 Å². The minimum atomic E-state index is -0.427. The zero-order valence-electron chi connectivity index (χ0n) is 24.1. The first kappa shape index (κ1) is 30.5. The number of nitrogens with one attached hydrogen (secondary N) is 1. The number of halogens is 1. The Morgan fingerprint density at radius 3 is 2.54 bits per heavy atom. The molecule has 0 spiro atoms. The highest BCUT2D eigenvalue weighted by Crippen LogP contribution is 2.34. The first-order valence-electron chi connectivity index (χ1n) is 14.7. The van der Waals surface area contributed by atoms with Gasteiger partial charge in [0.15, 0.2) is 5.82 Å². The Hall–Kier alpha value is -3.43. The summed E-state index contributed by atoms with van der Waals surface area (Å²) in [7, 11) is 1.76. The third-order valence-electron chi connectivity index (χ3n) is 8.03. The van der Waals surface area contributed by atoms with Gasteiger partial charge < -0.3 is 19.8 Å². The molecule has 1 aliphatic rings. The molecule has 9 heteroatoms. The molecule has 2 heterocycles. The van der Waals surface area contributed by atoms with Gasteiger partial charge in [-0.05, 0) is 68.5 Å². The lowest BCUT2D eigenvalue weighted by Gasteiger charge is -2.37. The molecule has 2 atom stereocenters. The van der Waals surface area contributed by atoms with Gasteiger partial charge in [-0.25, -0.2) is 4.39 Å². The summed E-state index contributed by atoms with van der Waals surface area (Å²) in [5.41, 5.74) is 1.58. The number of amides is 1. The number of aliphatic hydroxyl groups excluding tert-OH is 1. The van der Waals surface area contributed by atoms with E-state index in [4.69, 9.17) is 9.51 Å². The number of piperidine rings is 1. The number of hydrogen-bond acceptors (Lipinski definition) is 7. The summed E-state index contributed by atoms with van der Waals surface area (Å²) in [5.74, 6) is 0.705. The number of carbonyl (C=O) groups excluding carboxylic acids is 1. The van der Waals surface area contributed by atoms with Crippen LogP contribution >= 0.6 is 0 Å². The quantitative estimate of drug-likeness (QED) is 0.271. The molecule has 3 aromatic rings. The number of aliphatic imine (C=N–C) groups is 1. The number of likely N-dealkylation sites (tertiary alicyclic amines) is 1. The molecule has 4 rings (SSSR count). The van der Waals surface area contributed by atoms with E-state index < -0.39 is 5.41 Å². The number of rotatable bonds is 14. The summed E-state index contributed by atoms with van der Waals surface area (Å²) in [5, 5.41) is 16.9. The Bertz CT molecular complexity index is 1230. The molecule has 1 aromatic heterocycles. The monoisotopic (exact) mass is 563 g/mol. The molecule has 0 aliphatic carbocycles. The van der Waals surface area contributed by atoms with Crippen LogP contribution < -0.4 is 5.32 Å².